The maximum Gasteiger partial charge on any atom is 0.407 e. The summed E-state index contributed by atoms with van der Waals surface area (Å²) in [6.07, 6.45) is 3.21. The summed E-state index contributed by atoms with van der Waals surface area (Å²) >= 11 is 0. The number of allylic oxidation sites excluding steroid dienone is 1. The van der Waals surface area contributed by atoms with Gasteiger partial charge in [0.2, 0.25) is 35.4 Å². The van der Waals surface area contributed by atoms with Crippen LogP contribution in [-0.4, -0.2) is 167 Å². The second kappa shape index (κ2) is 31.3. The maximum absolute atomic E-state index is 14.0. The van der Waals surface area contributed by atoms with Crippen LogP contribution in [0.1, 0.15) is 127 Å². The third kappa shape index (κ3) is 20.7. The molecule has 3 fully saturated rings. The van der Waals surface area contributed by atoms with Crippen molar-refractivity contribution in [3.05, 3.63) is 47.5 Å². The highest BCUT2D eigenvalue weighted by Crippen LogP contribution is 2.59. The zero-order valence-corrected chi connectivity index (χ0v) is 50.0. The summed E-state index contributed by atoms with van der Waals surface area (Å²) in [5.74, 6) is -3.26. The molecule has 11 atom stereocenters. The van der Waals surface area contributed by atoms with Crippen LogP contribution in [0.5, 0.6) is 0 Å². The fraction of sp³-hybridized carbons (Fsp3) is 0.746. The SMILES string of the molecule is COC1C(OC(=O)NCCOCCOCCNC(=O)CNC(=O)[C@@H](CC(C)C)NC(=O)[C@H](Cc2ccccc2)NC(=O)CNC(=O)C(C)(CC(C)(CC(C)C)C(=O)NCC(C)O)C(C)C)CC[C@]2(CO2)C1[C@]1(C)O[C@@H]1CC=C(C)C. The molecule has 0 bridgehead atoms. The number of nitrogens with one attached hydrogen (secondary N) is 7. The van der Waals surface area contributed by atoms with Crippen molar-refractivity contribution in [1.82, 2.24) is 37.2 Å². The lowest BCUT2D eigenvalue weighted by molar-refractivity contribution is -0.142. The van der Waals surface area contributed by atoms with Crippen LogP contribution >= 0.6 is 0 Å². The lowest BCUT2D eigenvalue weighted by atomic mass is 9.64. The minimum atomic E-state index is -1.14. The van der Waals surface area contributed by atoms with Crippen LogP contribution in [0.4, 0.5) is 4.79 Å². The summed E-state index contributed by atoms with van der Waals surface area (Å²) in [5, 5.41) is 29.0. The molecule has 80 heavy (non-hydrogen) atoms. The minimum absolute atomic E-state index is 0.0405. The van der Waals surface area contributed by atoms with Crippen molar-refractivity contribution in [3.63, 3.8) is 0 Å². The van der Waals surface area contributed by atoms with E-state index in [0.717, 1.165) is 18.4 Å². The molecular formula is C59H97N7O14. The van der Waals surface area contributed by atoms with E-state index in [9.17, 15) is 38.7 Å². The minimum Gasteiger partial charge on any atom is -0.443 e. The molecule has 7 amide bonds. The van der Waals surface area contributed by atoms with Gasteiger partial charge in [-0.2, -0.15) is 0 Å². The normalized spacial score (nSPS) is 23.8. The number of epoxide rings is 2. The van der Waals surface area contributed by atoms with Crippen LogP contribution in [0.2, 0.25) is 0 Å². The van der Waals surface area contributed by atoms with Crippen LogP contribution in [0.25, 0.3) is 0 Å². The number of aliphatic hydroxyl groups is 1. The van der Waals surface area contributed by atoms with Crippen molar-refractivity contribution < 1.29 is 67.1 Å². The van der Waals surface area contributed by atoms with Crippen molar-refractivity contribution in [3.8, 4) is 0 Å². The Morgan fingerprint density at radius 1 is 0.787 bits per heavy atom. The third-order valence-corrected chi connectivity index (χ3v) is 15.6. The molecule has 4 rings (SSSR count). The number of amides is 7. The standard InChI is InChI=1S/C59H97N7O14/c1-37(2)19-20-46-58(12,80-46)50-49(75-13)45(21-22-59(50)36-78-59)79-55(74)61-24-26-77-28-27-76-25-23-60-47(68)33-62-51(70)43(29-38(3)4)66-52(71)44(30-42-17-15-14-16-18-42)65-48(69)34-64-54(73)57(11,40(7)8)35-56(10,31-39(5)6)53(72)63-32-41(9)67/h14-19,38-41,43-46,49-50,67H,20-36H2,1-13H3,(H,60,68)(H,61,74)(H,62,70)(H,63,72)(H,64,73)(H,65,69)(H,66,71)/t41?,43-,44+,45?,46-,49?,50?,56?,57?,58-,59+/m1/s1. The van der Waals surface area contributed by atoms with Gasteiger partial charge in [-0.1, -0.05) is 97.4 Å². The average Bonchev–Trinajstić information content (AvgIpc) is 3.94. The highest BCUT2D eigenvalue weighted by molar-refractivity contribution is 5.95. The Kier molecular flexibility index (Phi) is 26.3. The summed E-state index contributed by atoms with van der Waals surface area (Å²) < 4.78 is 35.3. The van der Waals surface area contributed by atoms with Crippen LogP contribution in [0.3, 0.4) is 0 Å². The fourth-order valence-corrected chi connectivity index (χ4v) is 11.0. The number of hydrogen-bond donors (Lipinski definition) is 8. The van der Waals surface area contributed by atoms with Gasteiger partial charge >= 0.3 is 6.09 Å². The summed E-state index contributed by atoms with van der Waals surface area (Å²) in [4.78, 5) is 94.4. The van der Waals surface area contributed by atoms with Gasteiger partial charge in [0.1, 0.15) is 35.5 Å². The largest absolute Gasteiger partial charge is 0.443 e. The lowest BCUT2D eigenvalue weighted by Crippen LogP contribution is -2.56. The Labute approximate surface area is 475 Å². The molecule has 1 aliphatic carbocycles. The molecular weight excluding hydrogens is 1030 g/mol. The molecule has 1 aromatic carbocycles. The monoisotopic (exact) mass is 1130 g/mol. The van der Waals surface area contributed by atoms with Crippen molar-refractivity contribution >= 4 is 41.5 Å². The van der Waals surface area contributed by atoms with Crippen molar-refractivity contribution in [2.75, 3.05) is 72.9 Å². The summed E-state index contributed by atoms with van der Waals surface area (Å²) in [6.45, 7) is 24.1. The quantitative estimate of drug-likeness (QED) is 0.0271. The number of rotatable bonds is 35. The second-order valence-corrected chi connectivity index (χ2v) is 24.2. The molecule has 3 aliphatic rings. The molecule has 2 saturated heterocycles. The molecule has 21 heteroatoms. The van der Waals surface area contributed by atoms with Crippen LogP contribution < -0.4 is 37.2 Å². The van der Waals surface area contributed by atoms with Gasteiger partial charge in [-0.25, -0.2) is 4.79 Å². The Hall–Kier alpha value is -5.19. The van der Waals surface area contributed by atoms with Gasteiger partial charge in [-0.15, -0.1) is 0 Å². The van der Waals surface area contributed by atoms with Gasteiger partial charge in [0.25, 0.3) is 0 Å². The van der Waals surface area contributed by atoms with E-state index in [0.29, 0.717) is 19.4 Å². The number of methoxy groups -OCH3 is 1. The zero-order chi connectivity index (χ0) is 59.4. The van der Waals surface area contributed by atoms with E-state index in [4.69, 9.17) is 28.4 Å². The van der Waals surface area contributed by atoms with E-state index in [1.165, 1.54) is 5.57 Å². The smallest absolute Gasteiger partial charge is 0.407 e. The van der Waals surface area contributed by atoms with Gasteiger partial charge in [0.15, 0.2) is 0 Å². The van der Waals surface area contributed by atoms with Crippen molar-refractivity contribution in [1.29, 1.82) is 0 Å². The second-order valence-electron chi connectivity index (χ2n) is 24.2. The van der Waals surface area contributed by atoms with Gasteiger partial charge in [0.05, 0.1) is 64.2 Å². The molecule has 1 spiro atoms. The summed E-state index contributed by atoms with van der Waals surface area (Å²) in [6, 6.07) is 6.85. The lowest BCUT2D eigenvalue weighted by Gasteiger charge is -2.42. The molecule has 21 nitrogen and oxygen atoms in total. The van der Waals surface area contributed by atoms with Gasteiger partial charge in [-0.05, 0) is 89.5 Å². The highest BCUT2D eigenvalue weighted by atomic mass is 16.6. The molecule has 2 heterocycles. The van der Waals surface area contributed by atoms with E-state index in [1.807, 2.05) is 54.5 Å². The number of alkyl carbamates (subject to hydrolysis) is 1. The van der Waals surface area contributed by atoms with Crippen LogP contribution in [0, 0.1) is 34.5 Å². The van der Waals surface area contributed by atoms with E-state index >= 15 is 0 Å². The number of aliphatic hydroxyl groups excluding tert-OH is 1. The topological polar surface area (TPSA) is 286 Å². The maximum atomic E-state index is 14.0. The van der Waals surface area contributed by atoms with Crippen LogP contribution in [0.15, 0.2) is 42.0 Å². The predicted octanol–water partition coefficient (Wildman–Crippen LogP) is 4.03. The van der Waals surface area contributed by atoms with Gasteiger partial charge < -0.3 is 70.7 Å². The summed E-state index contributed by atoms with van der Waals surface area (Å²) in [5.41, 5.74) is -0.834. The van der Waals surface area contributed by atoms with E-state index in [-0.39, 0.29) is 119 Å². The number of benzene rings is 1. The molecule has 2 aliphatic heterocycles. The van der Waals surface area contributed by atoms with E-state index < -0.39 is 82.9 Å². The Morgan fingerprint density at radius 3 is 2.00 bits per heavy atom. The summed E-state index contributed by atoms with van der Waals surface area (Å²) in [7, 11) is 1.63. The first-order valence-electron chi connectivity index (χ1n) is 28.7. The molecule has 1 aromatic rings. The molecule has 452 valence electrons. The Morgan fingerprint density at radius 2 is 1.43 bits per heavy atom. The first kappa shape index (κ1) is 67.3. The number of carbonyl (C=O) groups is 7. The Balaban J connectivity index is 1.18. The zero-order valence-electron chi connectivity index (χ0n) is 50.0. The highest BCUT2D eigenvalue weighted by Gasteiger charge is 2.72. The predicted molar refractivity (Wildman–Crippen MR) is 302 cm³/mol. The van der Waals surface area contributed by atoms with E-state index in [2.05, 4.69) is 64.1 Å². The first-order chi connectivity index (χ1) is 37.7. The molecule has 0 radical (unpaired) electrons. The third-order valence-electron chi connectivity index (χ3n) is 15.6. The fourth-order valence-electron chi connectivity index (χ4n) is 11.0. The van der Waals surface area contributed by atoms with Gasteiger partial charge in [0, 0.05) is 44.0 Å². The molecule has 0 aromatic heterocycles. The van der Waals surface area contributed by atoms with Crippen molar-refractivity contribution in [2.45, 2.75) is 176 Å². The average molecular weight is 1130 g/mol. The molecule has 8 N–H and O–H groups in total. The first-order valence-corrected chi connectivity index (χ1v) is 28.7. The number of hydrogen-bond acceptors (Lipinski definition) is 14. The molecule has 6 unspecified atom stereocenters. The van der Waals surface area contributed by atoms with Gasteiger partial charge in [-0.3, -0.25) is 28.8 Å². The van der Waals surface area contributed by atoms with Crippen LogP contribution in [-0.2, 0) is 63.6 Å². The number of ether oxygens (including phenoxy) is 6. The Bertz CT molecular complexity index is 2220. The van der Waals surface area contributed by atoms with Crippen molar-refractivity contribution in [2.24, 2.45) is 34.5 Å². The number of carbonyl (C=O) groups excluding carboxylic acids is 7. The van der Waals surface area contributed by atoms with E-state index in [1.54, 1.807) is 45.2 Å². The molecule has 1 saturated carbocycles.